The Kier molecular flexibility index (Phi) is 6.72. The molecule has 0 saturated heterocycles. The highest BCUT2D eigenvalue weighted by atomic mass is 16.7. The Labute approximate surface area is 96.1 Å². The minimum atomic E-state index is -0.825. The normalized spacial score (nSPS) is 14.4. The molecule has 2 unspecified atom stereocenters. The zero-order valence-corrected chi connectivity index (χ0v) is 10.5. The van der Waals surface area contributed by atoms with Gasteiger partial charge in [0.25, 0.3) is 0 Å². The molecule has 16 heavy (non-hydrogen) atoms. The average Bonchev–Trinajstić information content (AvgIpc) is 2.15. The van der Waals surface area contributed by atoms with Crippen molar-refractivity contribution in [2.75, 3.05) is 7.11 Å². The van der Waals surface area contributed by atoms with Crippen LogP contribution in [-0.4, -0.2) is 31.4 Å². The molecule has 0 radical (unpaired) electrons. The van der Waals surface area contributed by atoms with E-state index in [1.54, 1.807) is 20.8 Å². The summed E-state index contributed by atoms with van der Waals surface area (Å²) >= 11 is 0. The monoisotopic (exact) mass is 232 g/mol. The molecule has 5 heteroatoms. The van der Waals surface area contributed by atoms with Gasteiger partial charge in [0.15, 0.2) is 0 Å². The third kappa shape index (κ3) is 6.40. The lowest BCUT2D eigenvalue weighted by Crippen LogP contribution is -2.29. The Balaban J connectivity index is 4.18. The Morgan fingerprint density at radius 1 is 1.12 bits per heavy atom. The maximum atomic E-state index is 11.4. The van der Waals surface area contributed by atoms with Crippen molar-refractivity contribution in [2.24, 2.45) is 5.92 Å². The molecule has 0 fully saturated rings. The van der Waals surface area contributed by atoms with Crippen LogP contribution in [0.1, 0.15) is 34.1 Å². The van der Waals surface area contributed by atoms with Gasteiger partial charge in [0.2, 0.25) is 6.29 Å². The van der Waals surface area contributed by atoms with E-state index in [0.717, 1.165) is 0 Å². The molecule has 0 aliphatic carbocycles. The molecule has 0 heterocycles. The first kappa shape index (κ1) is 14.9. The van der Waals surface area contributed by atoms with E-state index in [1.165, 1.54) is 14.0 Å². The van der Waals surface area contributed by atoms with Gasteiger partial charge in [-0.15, -0.1) is 0 Å². The highest BCUT2D eigenvalue weighted by molar-refractivity contribution is 5.70. The van der Waals surface area contributed by atoms with Gasteiger partial charge in [-0.05, 0) is 6.92 Å². The molecule has 5 nitrogen and oxygen atoms in total. The average molecular weight is 232 g/mol. The summed E-state index contributed by atoms with van der Waals surface area (Å²) in [6.07, 6.45) is -0.896. The fraction of sp³-hybridized carbons (Fsp3) is 0.818. The summed E-state index contributed by atoms with van der Waals surface area (Å²) in [4.78, 5) is 22.2. The van der Waals surface area contributed by atoms with E-state index in [1.807, 2.05) is 0 Å². The SMILES string of the molecule is COC(C)CC(=O)OC(OC(C)=O)C(C)C. The van der Waals surface area contributed by atoms with Gasteiger partial charge >= 0.3 is 11.9 Å². The molecule has 0 aliphatic heterocycles. The molecule has 0 aliphatic rings. The number of methoxy groups -OCH3 is 1. The largest absolute Gasteiger partial charge is 0.425 e. The van der Waals surface area contributed by atoms with Crippen LogP contribution in [0.3, 0.4) is 0 Å². The maximum absolute atomic E-state index is 11.4. The van der Waals surface area contributed by atoms with Crippen molar-refractivity contribution in [2.45, 2.75) is 46.5 Å². The topological polar surface area (TPSA) is 61.8 Å². The number of rotatable bonds is 6. The van der Waals surface area contributed by atoms with E-state index >= 15 is 0 Å². The molecular weight excluding hydrogens is 212 g/mol. The number of hydrogen-bond acceptors (Lipinski definition) is 5. The van der Waals surface area contributed by atoms with Crippen LogP contribution in [0.4, 0.5) is 0 Å². The molecule has 0 rings (SSSR count). The van der Waals surface area contributed by atoms with Crippen molar-refractivity contribution in [3.63, 3.8) is 0 Å². The van der Waals surface area contributed by atoms with Gasteiger partial charge in [-0.1, -0.05) is 13.8 Å². The highest BCUT2D eigenvalue weighted by Crippen LogP contribution is 2.11. The molecule has 0 aromatic rings. The molecule has 0 aromatic heterocycles. The van der Waals surface area contributed by atoms with Gasteiger partial charge in [0.05, 0.1) is 12.5 Å². The van der Waals surface area contributed by atoms with E-state index in [-0.39, 0.29) is 18.4 Å². The second-order valence-electron chi connectivity index (χ2n) is 3.96. The summed E-state index contributed by atoms with van der Waals surface area (Å²) in [6.45, 7) is 6.65. The fourth-order valence-electron chi connectivity index (χ4n) is 0.956. The Morgan fingerprint density at radius 2 is 1.69 bits per heavy atom. The van der Waals surface area contributed by atoms with Crippen LogP contribution < -0.4 is 0 Å². The number of esters is 2. The van der Waals surface area contributed by atoms with Crippen LogP contribution >= 0.6 is 0 Å². The van der Waals surface area contributed by atoms with Crippen molar-refractivity contribution >= 4 is 11.9 Å². The Morgan fingerprint density at radius 3 is 2.06 bits per heavy atom. The van der Waals surface area contributed by atoms with Crippen LogP contribution in [0.25, 0.3) is 0 Å². The Hall–Kier alpha value is -1.10. The van der Waals surface area contributed by atoms with Crippen molar-refractivity contribution in [3.05, 3.63) is 0 Å². The van der Waals surface area contributed by atoms with Gasteiger partial charge in [-0.3, -0.25) is 9.59 Å². The van der Waals surface area contributed by atoms with Gasteiger partial charge < -0.3 is 14.2 Å². The lowest BCUT2D eigenvalue weighted by Gasteiger charge is -2.21. The zero-order chi connectivity index (χ0) is 12.7. The van der Waals surface area contributed by atoms with Crippen molar-refractivity contribution < 1.29 is 23.8 Å². The van der Waals surface area contributed by atoms with Gasteiger partial charge in [0.1, 0.15) is 0 Å². The predicted octanol–water partition coefficient (Wildman–Crippen LogP) is 1.50. The molecule has 0 N–H and O–H groups in total. The zero-order valence-electron chi connectivity index (χ0n) is 10.5. The lowest BCUT2D eigenvalue weighted by atomic mass is 10.2. The molecule has 0 bridgehead atoms. The standard InChI is InChI=1S/C11H20O5/c1-7(2)11(15-9(4)12)16-10(13)6-8(3)14-5/h7-8,11H,6H2,1-5H3. The third-order valence-corrected chi connectivity index (χ3v) is 1.93. The highest BCUT2D eigenvalue weighted by Gasteiger charge is 2.22. The van der Waals surface area contributed by atoms with Crippen molar-refractivity contribution in [3.8, 4) is 0 Å². The van der Waals surface area contributed by atoms with Crippen LogP contribution in [0.15, 0.2) is 0 Å². The van der Waals surface area contributed by atoms with Gasteiger partial charge in [0, 0.05) is 20.0 Å². The lowest BCUT2D eigenvalue weighted by molar-refractivity contribution is -0.195. The molecule has 94 valence electrons. The summed E-state index contributed by atoms with van der Waals surface area (Å²) in [5, 5.41) is 0. The van der Waals surface area contributed by atoms with Gasteiger partial charge in [-0.25, -0.2) is 0 Å². The van der Waals surface area contributed by atoms with Gasteiger partial charge in [-0.2, -0.15) is 0 Å². The van der Waals surface area contributed by atoms with Crippen molar-refractivity contribution in [1.29, 1.82) is 0 Å². The molecule has 0 spiro atoms. The van der Waals surface area contributed by atoms with Crippen LogP contribution in [0.5, 0.6) is 0 Å². The van der Waals surface area contributed by atoms with Crippen LogP contribution in [0, 0.1) is 5.92 Å². The summed E-state index contributed by atoms with van der Waals surface area (Å²) in [5.41, 5.74) is 0. The number of carbonyl (C=O) groups excluding carboxylic acids is 2. The van der Waals surface area contributed by atoms with Crippen molar-refractivity contribution in [1.82, 2.24) is 0 Å². The van der Waals surface area contributed by atoms with E-state index in [2.05, 4.69) is 0 Å². The first-order valence-corrected chi connectivity index (χ1v) is 5.26. The summed E-state index contributed by atoms with van der Waals surface area (Å²) in [7, 11) is 1.52. The van der Waals surface area contributed by atoms with E-state index < -0.39 is 18.2 Å². The van der Waals surface area contributed by atoms with Crippen LogP contribution in [0.2, 0.25) is 0 Å². The molecule has 0 saturated carbocycles. The maximum Gasteiger partial charge on any atom is 0.311 e. The summed E-state index contributed by atoms with van der Waals surface area (Å²) in [6, 6.07) is 0. The number of carbonyl (C=O) groups is 2. The third-order valence-electron chi connectivity index (χ3n) is 1.93. The summed E-state index contributed by atoms with van der Waals surface area (Å²) < 4.78 is 14.8. The first-order valence-electron chi connectivity index (χ1n) is 5.26. The summed E-state index contributed by atoms with van der Waals surface area (Å²) in [5.74, 6) is -0.980. The van der Waals surface area contributed by atoms with E-state index in [0.29, 0.717) is 0 Å². The molecular formula is C11H20O5. The quantitative estimate of drug-likeness (QED) is 0.513. The minimum Gasteiger partial charge on any atom is -0.425 e. The van der Waals surface area contributed by atoms with Crippen LogP contribution in [-0.2, 0) is 23.8 Å². The minimum absolute atomic E-state index is 0.0781. The number of ether oxygens (including phenoxy) is 3. The fourth-order valence-corrected chi connectivity index (χ4v) is 0.956. The Bertz CT molecular complexity index is 237. The van der Waals surface area contributed by atoms with E-state index in [9.17, 15) is 9.59 Å². The molecule has 0 aromatic carbocycles. The second-order valence-corrected chi connectivity index (χ2v) is 3.96. The smallest absolute Gasteiger partial charge is 0.311 e. The second kappa shape index (κ2) is 7.22. The molecule has 2 atom stereocenters. The molecule has 0 amide bonds. The predicted molar refractivity (Wildman–Crippen MR) is 57.6 cm³/mol. The first-order chi connectivity index (χ1) is 7.36. The van der Waals surface area contributed by atoms with E-state index in [4.69, 9.17) is 14.2 Å². The number of hydrogen-bond donors (Lipinski definition) is 0.